The third-order valence-corrected chi connectivity index (χ3v) is 8.42. The summed E-state index contributed by atoms with van der Waals surface area (Å²) in [5, 5.41) is 10.6. The molecule has 1 saturated heterocycles. The van der Waals surface area contributed by atoms with Crippen LogP contribution >= 0.6 is 22.9 Å². The van der Waals surface area contributed by atoms with E-state index in [0.717, 1.165) is 30.6 Å². The molecule has 1 atom stereocenters. The molecule has 7 nitrogen and oxygen atoms in total. The highest BCUT2D eigenvalue weighted by atomic mass is 35.5. The molecule has 1 aliphatic heterocycles. The molecule has 0 spiro atoms. The third-order valence-electron chi connectivity index (χ3n) is 7.10. The maximum absolute atomic E-state index is 16.4. The molecule has 2 aliphatic rings. The number of nitrogens with two attached hydrogens (primary N) is 1. The standard InChI is InChI=1S/C26H22ClF2N5O2S/c1-35-26-32-22-14(25(33-26)34-7-9-36-8-6-18(34)12-2-3-12)10-16(27)20(21(22)29)13-4-5-17(28)23-19(13)15(11-30)24(31)37-23/h4-5,10,12,18H,2-3,6-9,31H2,1H3. The van der Waals surface area contributed by atoms with E-state index in [1.165, 1.54) is 19.2 Å². The number of fused-ring (bicyclic) bond motifs is 2. The van der Waals surface area contributed by atoms with E-state index in [1.807, 2.05) is 6.07 Å². The van der Waals surface area contributed by atoms with Crippen LogP contribution in [0.2, 0.25) is 5.02 Å². The van der Waals surface area contributed by atoms with Crippen molar-refractivity contribution in [1.29, 1.82) is 5.26 Å². The Bertz CT molecular complexity index is 1600. The predicted molar refractivity (Wildman–Crippen MR) is 140 cm³/mol. The molecule has 0 amide bonds. The summed E-state index contributed by atoms with van der Waals surface area (Å²) in [6.07, 6.45) is 3.11. The van der Waals surface area contributed by atoms with Gasteiger partial charge in [-0.15, -0.1) is 11.3 Å². The van der Waals surface area contributed by atoms with E-state index in [2.05, 4.69) is 14.9 Å². The molecule has 2 N–H and O–H groups in total. The molecule has 0 radical (unpaired) electrons. The Morgan fingerprint density at radius 3 is 2.78 bits per heavy atom. The molecule has 190 valence electrons. The molecular formula is C26H22ClF2N5O2S. The number of halogens is 3. The number of aromatic nitrogens is 2. The fraction of sp³-hybridized carbons (Fsp3) is 0.346. The van der Waals surface area contributed by atoms with Gasteiger partial charge in [0, 0.05) is 35.5 Å². The van der Waals surface area contributed by atoms with Crippen LogP contribution < -0.4 is 15.4 Å². The second-order valence-corrected chi connectivity index (χ2v) is 10.7. The number of benzene rings is 2. The van der Waals surface area contributed by atoms with Crippen LogP contribution in [0.4, 0.5) is 19.6 Å². The first kappa shape index (κ1) is 24.1. The van der Waals surface area contributed by atoms with Gasteiger partial charge >= 0.3 is 6.01 Å². The van der Waals surface area contributed by atoms with Crippen LogP contribution in [0.5, 0.6) is 6.01 Å². The zero-order valence-electron chi connectivity index (χ0n) is 19.9. The van der Waals surface area contributed by atoms with E-state index < -0.39 is 11.6 Å². The summed E-state index contributed by atoms with van der Waals surface area (Å²) in [4.78, 5) is 11.1. The number of ether oxygens (including phenoxy) is 2. The largest absolute Gasteiger partial charge is 0.467 e. The van der Waals surface area contributed by atoms with E-state index in [-0.39, 0.29) is 54.4 Å². The Kier molecular flexibility index (Phi) is 6.02. The summed E-state index contributed by atoms with van der Waals surface area (Å²) in [7, 11) is 1.43. The molecular weight excluding hydrogens is 520 g/mol. The minimum absolute atomic E-state index is 0.0121. The maximum atomic E-state index is 16.4. The first-order valence-electron chi connectivity index (χ1n) is 11.9. The van der Waals surface area contributed by atoms with Crippen molar-refractivity contribution >= 4 is 54.7 Å². The maximum Gasteiger partial charge on any atom is 0.318 e. The van der Waals surface area contributed by atoms with Gasteiger partial charge in [0.05, 0.1) is 29.0 Å². The number of hydrogen-bond donors (Lipinski definition) is 1. The van der Waals surface area contributed by atoms with Crippen molar-refractivity contribution in [2.45, 2.75) is 25.3 Å². The number of hydrogen-bond acceptors (Lipinski definition) is 8. The van der Waals surface area contributed by atoms with Crippen LogP contribution in [0.1, 0.15) is 24.8 Å². The number of thiophene rings is 1. The van der Waals surface area contributed by atoms with Crippen molar-refractivity contribution in [2.24, 2.45) is 5.92 Å². The van der Waals surface area contributed by atoms with Crippen molar-refractivity contribution in [2.75, 3.05) is 37.5 Å². The van der Waals surface area contributed by atoms with Crippen molar-refractivity contribution < 1.29 is 18.3 Å². The molecule has 2 aromatic heterocycles. The molecule has 4 aromatic rings. The van der Waals surface area contributed by atoms with E-state index in [1.54, 1.807) is 6.07 Å². The Hall–Kier alpha value is -3.26. The fourth-order valence-corrected chi connectivity index (χ4v) is 6.49. The Labute approximate surface area is 220 Å². The average Bonchev–Trinajstić information content (AvgIpc) is 3.69. The fourth-order valence-electron chi connectivity index (χ4n) is 5.25. The lowest BCUT2D eigenvalue weighted by Gasteiger charge is -2.31. The highest BCUT2D eigenvalue weighted by Crippen LogP contribution is 2.46. The summed E-state index contributed by atoms with van der Waals surface area (Å²) in [5.41, 5.74) is 6.38. The minimum atomic E-state index is -0.708. The number of methoxy groups -OCH3 is 1. The molecule has 11 heteroatoms. The monoisotopic (exact) mass is 541 g/mol. The molecule has 2 fully saturated rings. The summed E-state index contributed by atoms with van der Waals surface area (Å²) in [6, 6.07) is 6.51. The molecule has 2 aromatic carbocycles. The van der Waals surface area contributed by atoms with Crippen LogP contribution in [0.25, 0.3) is 32.1 Å². The zero-order valence-corrected chi connectivity index (χ0v) is 21.4. The van der Waals surface area contributed by atoms with Crippen LogP contribution in [-0.2, 0) is 4.74 Å². The van der Waals surface area contributed by atoms with Gasteiger partial charge in [0.15, 0.2) is 5.82 Å². The minimum Gasteiger partial charge on any atom is -0.467 e. The highest BCUT2D eigenvalue weighted by Gasteiger charge is 2.38. The van der Waals surface area contributed by atoms with Gasteiger partial charge in [-0.05, 0) is 42.9 Å². The number of anilines is 2. The van der Waals surface area contributed by atoms with E-state index in [9.17, 15) is 9.65 Å². The van der Waals surface area contributed by atoms with Gasteiger partial charge in [-0.1, -0.05) is 17.7 Å². The van der Waals surface area contributed by atoms with Crippen LogP contribution in [-0.4, -0.2) is 42.9 Å². The van der Waals surface area contributed by atoms with Crippen LogP contribution in [0.3, 0.4) is 0 Å². The van der Waals surface area contributed by atoms with Gasteiger partial charge in [-0.2, -0.15) is 15.2 Å². The molecule has 37 heavy (non-hydrogen) atoms. The molecule has 0 bridgehead atoms. The van der Waals surface area contributed by atoms with Crippen molar-refractivity contribution in [3.63, 3.8) is 0 Å². The van der Waals surface area contributed by atoms with Gasteiger partial charge in [-0.3, -0.25) is 0 Å². The number of nitrogens with zero attached hydrogens (tertiary/aromatic N) is 4. The van der Waals surface area contributed by atoms with Gasteiger partial charge in [0.25, 0.3) is 0 Å². The van der Waals surface area contributed by atoms with Gasteiger partial charge in [0.1, 0.15) is 28.2 Å². The quantitative estimate of drug-likeness (QED) is 0.343. The molecule has 1 aliphatic carbocycles. The Morgan fingerprint density at radius 2 is 2.05 bits per heavy atom. The van der Waals surface area contributed by atoms with Crippen molar-refractivity contribution in [1.82, 2.24) is 9.97 Å². The summed E-state index contributed by atoms with van der Waals surface area (Å²) in [5.74, 6) is -0.188. The van der Waals surface area contributed by atoms with Crippen molar-refractivity contribution in [3.8, 4) is 23.2 Å². The zero-order chi connectivity index (χ0) is 25.8. The molecule has 1 saturated carbocycles. The summed E-state index contributed by atoms with van der Waals surface area (Å²) in [6.45, 7) is 1.77. The Morgan fingerprint density at radius 1 is 1.24 bits per heavy atom. The molecule has 3 heterocycles. The topological polar surface area (TPSA) is 97.3 Å². The molecule has 6 rings (SSSR count). The normalized spacial score (nSPS) is 18.2. The number of rotatable bonds is 4. The smallest absolute Gasteiger partial charge is 0.318 e. The number of nitriles is 1. The van der Waals surface area contributed by atoms with Crippen LogP contribution in [0, 0.1) is 28.9 Å². The summed E-state index contributed by atoms with van der Waals surface area (Å²) < 4.78 is 42.3. The Balaban J connectivity index is 1.62. The first-order chi connectivity index (χ1) is 17.9. The van der Waals surface area contributed by atoms with E-state index in [0.29, 0.717) is 36.9 Å². The predicted octanol–water partition coefficient (Wildman–Crippen LogP) is 5.91. The highest BCUT2D eigenvalue weighted by molar-refractivity contribution is 7.23. The average molecular weight is 542 g/mol. The van der Waals surface area contributed by atoms with E-state index >= 15 is 4.39 Å². The lowest BCUT2D eigenvalue weighted by atomic mass is 9.97. The second kappa shape index (κ2) is 9.24. The van der Waals surface area contributed by atoms with Crippen LogP contribution in [0.15, 0.2) is 18.2 Å². The summed E-state index contributed by atoms with van der Waals surface area (Å²) >= 11 is 7.68. The third kappa shape index (κ3) is 3.93. The lowest BCUT2D eigenvalue weighted by molar-refractivity contribution is 0.149. The van der Waals surface area contributed by atoms with Crippen molar-refractivity contribution in [3.05, 3.63) is 40.4 Å². The second-order valence-electron chi connectivity index (χ2n) is 9.23. The first-order valence-corrected chi connectivity index (χ1v) is 13.1. The van der Waals surface area contributed by atoms with Gasteiger partial charge < -0.3 is 20.1 Å². The number of nitrogen functional groups attached to an aromatic ring is 1. The lowest BCUT2D eigenvalue weighted by Crippen LogP contribution is -2.38. The van der Waals surface area contributed by atoms with Gasteiger partial charge in [-0.25, -0.2) is 8.78 Å². The van der Waals surface area contributed by atoms with E-state index in [4.69, 9.17) is 26.8 Å². The van der Waals surface area contributed by atoms with Gasteiger partial charge in [0.2, 0.25) is 0 Å². The SMILES string of the molecule is COc1nc(N2CCOCCC2C2CC2)c2cc(Cl)c(-c3ccc(F)c4sc(N)c(C#N)c34)c(F)c2n1. The molecule has 1 unspecified atom stereocenters.